The average molecular weight is 545 g/mol. The van der Waals surface area contributed by atoms with Crippen LogP contribution in [-0.4, -0.2) is 23.4 Å². The molecule has 4 rings (SSSR count). The summed E-state index contributed by atoms with van der Waals surface area (Å²) in [5.74, 6) is 1.10. The molecule has 5 heteroatoms. The number of carbonyl (C=O) groups is 1. The molecule has 39 heavy (non-hydrogen) atoms. The number of unbranched alkanes of at least 4 members (excludes halogenated alkanes) is 2. The molecule has 1 heterocycles. The number of aliphatic carboxylic acids is 1. The highest BCUT2D eigenvalue weighted by Crippen LogP contribution is 2.37. The number of ether oxygens (including phenoxy) is 1. The van der Waals surface area contributed by atoms with Gasteiger partial charge in [0.15, 0.2) is 0 Å². The normalized spacial score (nSPS) is 11.2. The number of hydrogen-bond acceptors (Lipinski definition) is 4. The van der Waals surface area contributed by atoms with E-state index >= 15 is 0 Å². The van der Waals surface area contributed by atoms with Crippen molar-refractivity contribution in [3.63, 3.8) is 0 Å². The van der Waals surface area contributed by atoms with Crippen molar-refractivity contribution in [1.82, 2.24) is 0 Å². The number of benzene rings is 3. The fourth-order valence-corrected chi connectivity index (χ4v) is 5.74. The number of thioether (sulfide) groups is 1. The first-order valence-corrected chi connectivity index (χ1v) is 15.3. The fraction of sp³-hybridized carbons (Fsp3) is 0.382. The predicted molar refractivity (Wildman–Crippen MR) is 162 cm³/mol. The van der Waals surface area contributed by atoms with Crippen LogP contribution in [0.4, 0.5) is 0 Å². The molecule has 0 saturated heterocycles. The van der Waals surface area contributed by atoms with Gasteiger partial charge in [0.05, 0.1) is 12.9 Å². The van der Waals surface area contributed by atoms with E-state index in [1.54, 1.807) is 11.8 Å². The summed E-state index contributed by atoms with van der Waals surface area (Å²) in [6.45, 7) is 5.09. The van der Waals surface area contributed by atoms with Crippen molar-refractivity contribution in [3.05, 3.63) is 83.6 Å². The van der Waals surface area contributed by atoms with Gasteiger partial charge < -0.3 is 14.3 Å². The van der Waals surface area contributed by atoms with Gasteiger partial charge in [0.2, 0.25) is 0 Å². The zero-order chi connectivity index (χ0) is 27.5. The first kappa shape index (κ1) is 28.8. The van der Waals surface area contributed by atoms with E-state index in [-0.39, 0.29) is 6.42 Å². The Morgan fingerprint density at radius 3 is 2.46 bits per heavy atom. The summed E-state index contributed by atoms with van der Waals surface area (Å²) in [5, 5.41) is 10.1. The van der Waals surface area contributed by atoms with Gasteiger partial charge in [-0.15, -0.1) is 11.8 Å². The van der Waals surface area contributed by atoms with Crippen LogP contribution in [0, 0.1) is 0 Å². The molecule has 0 fully saturated rings. The third kappa shape index (κ3) is 8.15. The Balaban J connectivity index is 1.41. The second kappa shape index (κ2) is 14.8. The van der Waals surface area contributed by atoms with Crippen molar-refractivity contribution in [2.75, 3.05) is 12.4 Å². The average Bonchev–Trinajstić information content (AvgIpc) is 3.39. The van der Waals surface area contributed by atoms with Crippen LogP contribution in [0.2, 0.25) is 0 Å². The summed E-state index contributed by atoms with van der Waals surface area (Å²) in [6, 6.07) is 21.3. The number of hydrogen-bond donors (Lipinski definition) is 1. The molecule has 206 valence electrons. The first-order chi connectivity index (χ1) is 19.1. The molecule has 0 saturated carbocycles. The molecule has 0 aliphatic carbocycles. The Morgan fingerprint density at radius 2 is 1.67 bits per heavy atom. The molecule has 0 aliphatic heterocycles. The standard InChI is InChI=1S/C34H40O4S/c1-3-5-10-25-11-7-13-27(22-25)31-24-38-34-29(31)17-18-32(30(34)15-6-4-2)37-20-9-21-39-28-14-8-12-26(23-28)16-19-33(35)36/h7-8,11-14,17-18,22-24H,3-6,9-10,15-16,19-21H2,1-2H3,(H,35,36). The summed E-state index contributed by atoms with van der Waals surface area (Å²) in [7, 11) is 0. The third-order valence-corrected chi connectivity index (χ3v) is 8.06. The number of carboxylic acid groups (broad SMARTS) is 1. The predicted octanol–water partition coefficient (Wildman–Crippen LogP) is 9.36. The third-order valence-electron chi connectivity index (χ3n) is 6.98. The monoisotopic (exact) mass is 544 g/mol. The SMILES string of the molecule is CCCCc1cccc(-c2coc3c(CCCC)c(OCCCSc4cccc(CCC(=O)O)c4)ccc23)c1. The van der Waals surface area contributed by atoms with E-state index < -0.39 is 5.97 Å². The fourth-order valence-electron chi connectivity index (χ4n) is 4.84. The van der Waals surface area contributed by atoms with Crippen LogP contribution < -0.4 is 4.74 Å². The Hall–Kier alpha value is -3.18. The van der Waals surface area contributed by atoms with E-state index in [1.807, 2.05) is 18.4 Å². The molecule has 0 unspecified atom stereocenters. The van der Waals surface area contributed by atoms with Crippen molar-refractivity contribution in [1.29, 1.82) is 0 Å². The number of aryl methyl sites for hydroxylation is 3. The number of carboxylic acids is 1. The maximum Gasteiger partial charge on any atom is 0.303 e. The van der Waals surface area contributed by atoms with E-state index in [2.05, 4.69) is 62.4 Å². The zero-order valence-electron chi connectivity index (χ0n) is 23.2. The largest absolute Gasteiger partial charge is 0.493 e. The van der Waals surface area contributed by atoms with Gasteiger partial charge in [-0.05, 0) is 79.5 Å². The second-order valence-electron chi connectivity index (χ2n) is 10.1. The Morgan fingerprint density at radius 1 is 0.897 bits per heavy atom. The number of rotatable bonds is 16. The molecule has 0 spiro atoms. The highest BCUT2D eigenvalue weighted by Gasteiger charge is 2.16. The van der Waals surface area contributed by atoms with Gasteiger partial charge in [-0.3, -0.25) is 4.79 Å². The highest BCUT2D eigenvalue weighted by molar-refractivity contribution is 7.99. The molecule has 4 nitrogen and oxygen atoms in total. The Kier molecular flexibility index (Phi) is 11.0. The Labute approximate surface area is 236 Å². The van der Waals surface area contributed by atoms with E-state index in [9.17, 15) is 4.79 Å². The summed E-state index contributed by atoms with van der Waals surface area (Å²) in [6.07, 6.45) is 10.2. The van der Waals surface area contributed by atoms with Crippen LogP contribution in [0.5, 0.6) is 5.75 Å². The van der Waals surface area contributed by atoms with E-state index in [4.69, 9.17) is 14.3 Å². The second-order valence-corrected chi connectivity index (χ2v) is 11.2. The smallest absolute Gasteiger partial charge is 0.303 e. The quantitative estimate of drug-likeness (QED) is 0.112. The summed E-state index contributed by atoms with van der Waals surface area (Å²) in [5.41, 5.74) is 6.91. The lowest BCUT2D eigenvalue weighted by Gasteiger charge is -2.12. The number of fused-ring (bicyclic) bond motifs is 1. The van der Waals surface area contributed by atoms with Gasteiger partial charge in [0.25, 0.3) is 0 Å². The molecular weight excluding hydrogens is 504 g/mol. The summed E-state index contributed by atoms with van der Waals surface area (Å²) < 4.78 is 12.5. The van der Waals surface area contributed by atoms with Crippen LogP contribution in [0.15, 0.2) is 76.2 Å². The molecule has 0 bridgehead atoms. The molecule has 4 aromatic rings. The van der Waals surface area contributed by atoms with Crippen molar-refractivity contribution in [2.45, 2.75) is 76.5 Å². The van der Waals surface area contributed by atoms with E-state index in [0.717, 1.165) is 65.7 Å². The van der Waals surface area contributed by atoms with Gasteiger partial charge in [-0.25, -0.2) is 0 Å². The number of furan rings is 1. The lowest BCUT2D eigenvalue weighted by molar-refractivity contribution is -0.136. The molecule has 3 aromatic carbocycles. The topological polar surface area (TPSA) is 59.7 Å². The molecule has 1 N–H and O–H groups in total. The highest BCUT2D eigenvalue weighted by atomic mass is 32.2. The molecule has 0 radical (unpaired) electrons. The van der Waals surface area contributed by atoms with E-state index in [1.165, 1.54) is 34.4 Å². The van der Waals surface area contributed by atoms with Crippen LogP contribution >= 0.6 is 11.8 Å². The minimum Gasteiger partial charge on any atom is -0.493 e. The summed E-state index contributed by atoms with van der Waals surface area (Å²) >= 11 is 1.79. The lowest BCUT2D eigenvalue weighted by Crippen LogP contribution is -2.02. The van der Waals surface area contributed by atoms with Gasteiger partial charge in [0.1, 0.15) is 11.3 Å². The Bertz CT molecular complexity index is 1360. The van der Waals surface area contributed by atoms with Crippen LogP contribution in [-0.2, 0) is 24.1 Å². The lowest BCUT2D eigenvalue weighted by atomic mass is 9.98. The van der Waals surface area contributed by atoms with Crippen molar-refractivity contribution in [3.8, 4) is 16.9 Å². The van der Waals surface area contributed by atoms with Crippen molar-refractivity contribution < 1.29 is 19.1 Å². The molecule has 0 aliphatic rings. The molecule has 1 aromatic heterocycles. The van der Waals surface area contributed by atoms with Crippen LogP contribution in [0.3, 0.4) is 0 Å². The minimum absolute atomic E-state index is 0.162. The van der Waals surface area contributed by atoms with E-state index in [0.29, 0.717) is 13.0 Å². The van der Waals surface area contributed by atoms with Crippen molar-refractivity contribution in [2.24, 2.45) is 0 Å². The molecule has 0 atom stereocenters. The summed E-state index contributed by atoms with van der Waals surface area (Å²) in [4.78, 5) is 12.0. The maximum absolute atomic E-state index is 10.9. The van der Waals surface area contributed by atoms with Crippen molar-refractivity contribution >= 4 is 28.7 Å². The maximum atomic E-state index is 10.9. The minimum atomic E-state index is -0.760. The molecular formula is C34H40O4S. The van der Waals surface area contributed by atoms with Crippen LogP contribution in [0.25, 0.3) is 22.1 Å². The van der Waals surface area contributed by atoms with Gasteiger partial charge >= 0.3 is 5.97 Å². The zero-order valence-corrected chi connectivity index (χ0v) is 24.0. The molecule has 0 amide bonds. The van der Waals surface area contributed by atoms with Gasteiger partial charge in [-0.1, -0.05) is 63.1 Å². The van der Waals surface area contributed by atoms with Gasteiger partial charge in [0, 0.05) is 33.6 Å². The van der Waals surface area contributed by atoms with Crippen LogP contribution in [0.1, 0.15) is 69.1 Å². The first-order valence-electron chi connectivity index (χ1n) is 14.3. The van der Waals surface area contributed by atoms with Gasteiger partial charge in [-0.2, -0.15) is 0 Å².